The quantitative estimate of drug-likeness (QED) is 0.828. The highest BCUT2D eigenvalue weighted by molar-refractivity contribution is 6.31. The zero-order chi connectivity index (χ0) is 13.1. The molecule has 19 heavy (non-hydrogen) atoms. The Hall–Kier alpha value is -0.800. The lowest BCUT2D eigenvalue weighted by atomic mass is 9.99. The Kier molecular flexibility index (Phi) is 4.24. The van der Waals surface area contributed by atoms with Gasteiger partial charge in [0.05, 0.1) is 6.61 Å². The minimum atomic E-state index is 0.573. The van der Waals surface area contributed by atoms with Gasteiger partial charge in [-0.1, -0.05) is 11.6 Å². The Morgan fingerprint density at radius 1 is 1.32 bits per heavy atom. The zero-order valence-corrected chi connectivity index (χ0v) is 12.0. The molecular weight excluding hydrogens is 260 g/mol. The van der Waals surface area contributed by atoms with Crippen LogP contribution in [0.25, 0.3) is 0 Å². The SMILES string of the molecule is Clc1cccnc1OCC1CCCN(CC2CC2)C1. The first-order chi connectivity index (χ1) is 9.31. The van der Waals surface area contributed by atoms with Crippen LogP contribution in [-0.4, -0.2) is 36.1 Å². The number of aromatic nitrogens is 1. The molecule has 4 heteroatoms. The van der Waals surface area contributed by atoms with Crippen molar-refractivity contribution in [1.82, 2.24) is 9.88 Å². The van der Waals surface area contributed by atoms with Crippen molar-refractivity contribution in [3.05, 3.63) is 23.4 Å². The molecule has 1 aromatic heterocycles. The molecule has 1 saturated carbocycles. The van der Waals surface area contributed by atoms with Gasteiger partial charge in [-0.25, -0.2) is 4.98 Å². The Bertz CT molecular complexity index is 422. The van der Waals surface area contributed by atoms with E-state index in [1.54, 1.807) is 6.20 Å². The van der Waals surface area contributed by atoms with Crippen LogP contribution in [0.5, 0.6) is 5.88 Å². The van der Waals surface area contributed by atoms with Gasteiger partial charge in [-0.15, -0.1) is 0 Å². The fourth-order valence-electron chi connectivity index (χ4n) is 2.79. The van der Waals surface area contributed by atoms with Crippen LogP contribution >= 0.6 is 11.6 Å². The molecule has 1 saturated heterocycles. The second-order valence-corrected chi connectivity index (χ2v) is 6.22. The number of hydrogen-bond acceptors (Lipinski definition) is 3. The molecule has 3 nitrogen and oxygen atoms in total. The monoisotopic (exact) mass is 280 g/mol. The zero-order valence-electron chi connectivity index (χ0n) is 11.2. The minimum Gasteiger partial charge on any atom is -0.476 e. The van der Waals surface area contributed by atoms with E-state index in [4.69, 9.17) is 16.3 Å². The van der Waals surface area contributed by atoms with Crippen LogP contribution in [0.3, 0.4) is 0 Å². The average molecular weight is 281 g/mol. The first-order valence-corrected chi connectivity index (χ1v) is 7.65. The molecule has 2 heterocycles. The van der Waals surface area contributed by atoms with Crippen molar-refractivity contribution in [1.29, 1.82) is 0 Å². The van der Waals surface area contributed by atoms with Gasteiger partial charge in [0.1, 0.15) is 5.02 Å². The van der Waals surface area contributed by atoms with E-state index in [0.717, 1.165) is 12.5 Å². The highest BCUT2D eigenvalue weighted by atomic mass is 35.5. The normalized spacial score (nSPS) is 24.4. The largest absolute Gasteiger partial charge is 0.476 e. The Labute approximate surface area is 119 Å². The molecule has 3 rings (SSSR count). The smallest absolute Gasteiger partial charge is 0.232 e. The van der Waals surface area contributed by atoms with E-state index in [2.05, 4.69) is 9.88 Å². The summed E-state index contributed by atoms with van der Waals surface area (Å²) in [4.78, 5) is 6.78. The van der Waals surface area contributed by atoms with E-state index < -0.39 is 0 Å². The van der Waals surface area contributed by atoms with E-state index in [9.17, 15) is 0 Å². The molecule has 1 atom stereocenters. The predicted molar refractivity (Wildman–Crippen MR) is 76.6 cm³/mol. The van der Waals surface area contributed by atoms with Crippen LogP contribution in [0.4, 0.5) is 0 Å². The summed E-state index contributed by atoms with van der Waals surface area (Å²) in [5.74, 6) is 2.17. The Morgan fingerprint density at radius 3 is 3.00 bits per heavy atom. The third-order valence-electron chi connectivity index (χ3n) is 4.00. The number of rotatable bonds is 5. The first-order valence-electron chi connectivity index (χ1n) is 7.27. The first kappa shape index (κ1) is 13.2. The standard InChI is InChI=1S/C15H21ClN2O/c16-14-4-1-7-17-15(14)19-11-13-3-2-8-18(10-13)9-12-5-6-12/h1,4,7,12-13H,2-3,5-6,8-11H2. The van der Waals surface area contributed by atoms with Gasteiger partial charge in [0.25, 0.3) is 0 Å². The van der Waals surface area contributed by atoms with E-state index in [1.165, 1.54) is 45.3 Å². The van der Waals surface area contributed by atoms with Crippen LogP contribution in [0.15, 0.2) is 18.3 Å². The van der Waals surface area contributed by atoms with Crippen molar-refractivity contribution < 1.29 is 4.74 Å². The highest BCUT2D eigenvalue weighted by Crippen LogP contribution is 2.31. The lowest BCUT2D eigenvalue weighted by Gasteiger charge is -2.32. The van der Waals surface area contributed by atoms with Crippen molar-refractivity contribution >= 4 is 11.6 Å². The van der Waals surface area contributed by atoms with Crippen molar-refractivity contribution in [2.45, 2.75) is 25.7 Å². The molecule has 2 fully saturated rings. The van der Waals surface area contributed by atoms with Gasteiger partial charge in [-0.05, 0) is 50.3 Å². The lowest BCUT2D eigenvalue weighted by molar-refractivity contribution is 0.124. The van der Waals surface area contributed by atoms with Crippen molar-refractivity contribution in [3.63, 3.8) is 0 Å². The predicted octanol–water partition coefficient (Wildman–Crippen LogP) is 3.24. The summed E-state index contributed by atoms with van der Waals surface area (Å²) in [5.41, 5.74) is 0. The van der Waals surface area contributed by atoms with E-state index in [-0.39, 0.29) is 0 Å². The fraction of sp³-hybridized carbons (Fsp3) is 0.667. The summed E-state index contributed by atoms with van der Waals surface area (Å²) in [7, 11) is 0. The Balaban J connectivity index is 1.47. The van der Waals surface area contributed by atoms with Crippen LogP contribution in [0.1, 0.15) is 25.7 Å². The maximum absolute atomic E-state index is 6.05. The minimum absolute atomic E-state index is 0.573. The molecule has 0 N–H and O–H groups in total. The maximum atomic E-state index is 6.05. The number of halogens is 1. The summed E-state index contributed by atoms with van der Waals surface area (Å²) in [6.07, 6.45) is 7.13. The summed E-state index contributed by atoms with van der Waals surface area (Å²) in [5, 5.41) is 0.605. The number of ether oxygens (including phenoxy) is 1. The van der Waals surface area contributed by atoms with Crippen LogP contribution in [0.2, 0.25) is 5.02 Å². The fourth-order valence-corrected chi connectivity index (χ4v) is 2.97. The van der Waals surface area contributed by atoms with Gasteiger partial charge < -0.3 is 9.64 Å². The van der Waals surface area contributed by atoms with Gasteiger partial charge in [-0.3, -0.25) is 0 Å². The number of nitrogens with zero attached hydrogens (tertiary/aromatic N) is 2. The second-order valence-electron chi connectivity index (χ2n) is 5.81. The van der Waals surface area contributed by atoms with Gasteiger partial charge in [-0.2, -0.15) is 0 Å². The third kappa shape index (κ3) is 3.83. The molecule has 0 bridgehead atoms. The molecule has 1 unspecified atom stereocenters. The number of likely N-dealkylation sites (tertiary alicyclic amines) is 1. The highest BCUT2D eigenvalue weighted by Gasteiger charge is 2.27. The summed E-state index contributed by atoms with van der Waals surface area (Å²) >= 11 is 6.05. The summed E-state index contributed by atoms with van der Waals surface area (Å²) < 4.78 is 5.78. The molecule has 0 aromatic carbocycles. The summed E-state index contributed by atoms with van der Waals surface area (Å²) in [6.45, 7) is 4.46. The molecule has 1 aliphatic heterocycles. The van der Waals surface area contributed by atoms with Crippen molar-refractivity contribution in [2.75, 3.05) is 26.2 Å². The number of pyridine rings is 1. The van der Waals surface area contributed by atoms with Crippen molar-refractivity contribution in [2.24, 2.45) is 11.8 Å². The van der Waals surface area contributed by atoms with Gasteiger partial charge >= 0.3 is 0 Å². The van der Waals surface area contributed by atoms with E-state index in [0.29, 0.717) is 16.8 Å². The summed E-state index contributed by atoms with van der Waals surface area (Å²) in [6, 6.07) is 3.65. The lowest BCUT2D eigenvalue weighted by Crippen LogP contribution is -2.38. The van der Waals surface area contributed by atoms with Crippen LogP contribution in [0, 0.1) is 11.8 Å². The molecule has 0 spiro atoms. The average Bonchev–Trinajstić information content (AvgIpc) is 3.22. The number of hydrogen-bond donors (Lipinski definition) is 0. The number of piperidine rings is 1. The maximum Gasteiger partial charge on any atom is 0.232 e. The van der Waals surface area contributed by atoms with Crippen molar-refractivity contribution in [3.8, 4) is 5.88 Å². The third-order valence-corrected chi connectivity index (χ3v) is 4.28. The topological polar surface area (TPSA) is 25.4 Å². The van der Waals surface area contributed by atoms with Crippen LogP contribution in [-0.2, 0) is 0 Å². The molecule has 1 aromatic rings. The molecule has 0 amide bonds. The van der Waals surface area contributed by atoms with E-state index >= 15 is 0 Å². The molecule has 104 valence electrons. The van der Waals surface area contributed by atoms with Gasteiger partial charge in [0.15, 0.2) is 0 Å². The molecule has 0 radical (unpaired) electrons. The molecular formula is C15H21ClN2O. The Morgan fingerprint density at radius 2 is 2.21 bits per heavy atom. The second kappa shape index (κ2) is 6.10. The van der Waals surface area contributed by atoms with Gasteiger partial charge in [0, 0.05) is 25.2 Å². The van der Waals surface area contributed by atoms with E-state index in [1.807, 2.05) is 12.1 Å². The molecule has 1 aliphatic carbocycles. The van der Waals surface area contributed by atoms with Crippen LogP contribution < -0.4 is 4.74 Å². The molecule has 2 aliphatic rings. The van der Waals surface area contributed by atoms with Gasteiger partial charge in [0.2, 0.25) is 5.88 Å².